The molecule has 3 aromatic carbocycles. The molecule has 2 heterocycles. The molecule has 1 N–H and O–H groups in total. The molecule has 0 unspecified atom stereocenters. The van der Waals surface area contributed by atoms with Crippen LogP contribution < -0.4 is 4.74 Å². The Morgan fingerprint density at radius 1 is 1.03 bits per heavy atom. The van der Waals surface area contributed by atoms with Crippen LogP contribution in [-0.2, 0) is 11.4 Å². The van der Waals surface area contributed by atoms with E-state index in [1.54, 1.807) is 47.4 Å². The summed E-state index contributed by atoms with van der Waals surface area (Å²) in [6.45, 7) is 0.264. The second kappa shape index (κ2) is 9.40. The maximum absolute atomic E-state index is 12.7. The maximum atomic E-state index is 12.7. The molecule has 2 aliphatic rings. The predicted octanol–water partition coefficient (Wildman–Crippen LogP) is 5.48. The number of amidine groups is 2. The zero-order chi connectivity index (χ0) is 24.4. The monoisotopic (exact) mass is 482 g/mol. The van der Waals surface area contributed by atoms with E-state index in [4.69, 9.17) is 10.1 Å². The number of nitro groups is 1. The number of carbonyl (C=O) groups excluding carboxylic acids is 1. The number of non-ortho nitro benzene ring substituents is 1. The van der Waals surface area contributed by atoms with Crippen molar-refractivity contribution in [1.29, 1.82) is 5.41 Å². The fourth-order valence-corrected chi connectivity index (χ4v) is 4.51. The molecule has 3 aromatic rings. The first-order valence-corrected chi connectivity index (χ1v) is 11.5. The van der Waals surface area contributed by atoms with E-state index in [9.17, 15) is 14.9 Å². The lowest BCUT2D eigenvalue weighted by atomic mass is 10.1. The first-order valence-electron chi connectivity index (χ1n) is 10.6. The largest absolute Gasteiger partial charge is 0.489 e. The highest BCUT2D eigenvalue weighted by molar-refractivity contribution is 8.17. The summed E-state index contributed by atoms with van der Waals surface area (Å²) < 4.78 is 5.76. The number of hydrogen-bond donors (Lipinski definition) is 1. The van der Waals surface area contributed by atoms with Crippen molar-refractivity contribution in [3.8, 4) is 5.75 Å². The van der Waals surface area contributed by atoms with E-state index in [1.165, 1.54) is 23.9 Å². The topological polar surface area (TPSA) is 109 Å². The number of fused-ring (bicyclic) bond motifs is 1. The van der Waals surface area contributed by atoms with Gasteiger partial charge in [-0.2, -0.15) is 4.99 Å². The minimum atomic E-state index is -0.449. The summed E-state index contributed by atoms with van der Waals surface area (Å²) in [6.07, 6.45) is 1.65. The Morgan fingerprint density at radius 2 is 1.74 bits per heavy atom. The zero-order valence-electron chi connectivity index (χ0n) is 18.3. The Hall–Kier alpha value is -4.50. The van der Waals surface area contributed by atoms with E-state index >= 15 is 0 Å². The highest BCUT2D eigenvalue weighted by Crippen LogP contribution is 2.37. The smallest absolute Gasteiger partial charge is 0.283 e. The third kappa shape index (κ3) is 4.62. The lowest BCUT2D eigenvalue weighted by molar-refractivity contribution is -0.384. The minimum absolute atomic E-state index is 0.0318. The van der Waals surface area contributed by atoms with Crippen LogP contribution in [0.5, 0.6) is 5.75 Å². The molecule has 0 bridgehead atoms. The molecule has 0 saturated heterocycles. The summed E-state index contributed by atoms with van der Waals surface area (Å²) in [7, 11) is 0. The van der Waals surface area contributed by atoms with Crippen LogP contribution in [0.2, 0.25) is 0 Å². The Balaban J connectivity index is 1.30. The molecule has 0 saturated carbocycles. The van der Waals surface area contributed by atoms with Crippen LogP contribution in [0.3, 0.4) is 0 Å². The number of aliphatic imine (C=N–C) groups is 1. The van der Waals surface area contributed by atoms with Crippen LogP contribution in [0.25, 0.3) is 11.8 Å². The third-order valence-electron chi connectivity index (χ3n) is 5.43. The molecule has 0 spiro atoms. The molecular weight excluding hydrogens is 464 g/mol. The van der Waals surface area contributed by atoms with Crippen molar-refractivity contribution in [2.45, 2.75) is 6.61 Å². The number of carbonyl (C=O) groups is 1. The highest BCUT2D eigenvalue weighted by atomic mass is 32.2. The number of nitrogens with one attached hydrogen (secondary N) is 1. The summed E-state index contributed by atoms with van der Waals surface area (Å²) in [4.78, 5) is 28.9. The van der Waals surface area contributed by atoms with Crippen molar-refractivity contribution >= 4 is 46.1 Å². The van der Waals surface area contributed by atoms with E-state index in [0.717, 1.165) is 22.4 Å². The quantitative estimate of drug-likeness (QED) is 0.283. The molecule has 35 heavy (non-hydrogen) atoms. The molecule has 1 amide bonds. The van der Waals surface area contributed by atoms with Crippen LogP contribution in [0, 0.1) is 15.5 Å². The highest BCUT2D eigenvalue weighted by Gasteiger charge is 2.36. The SMILES string of the molecule is N=C1/C(=C/c2ccc(OCc3ccc([N+](=O)[O-])cc3)cc2)C(=O)N=C2SC=C(c3ccccc3)N12. The third-order valence-corrected chi connectivity index (χ3v) is 6.25. The van der Waals surface area contributed by atoms with Crippen molar-refractivity contribution in [3.05, 3.63) is 117 Å². The molecule has 0 fully saturated rings. The van der Waals surface area contributed by atoms with Gasteiger partial charge in [0.1, 0.15) is 18.2 Å². The maximum Gasteiger partial charge on any atom is 0.283 e. The summed E-state index contributed by atoms with van der Waals surface area (Å²) in [5, 5.41) is 21.9. The number of hydrogen-bond acceptors (Lipinski definition) is 6. The van der Waals surface area contributed by atoms with E-state index in [0.29, 0.717) is 10.9 Å². The van der Waals surface area contributed by atoms with Gasteiger partial charge in [-0.1, -0.05) is 54.2 Å². The van der Waals surface area contributed by atoms with Crippen molar-refractivity contribution in [2.24, 2.45) is 4.99 Å². The van der Waals surface area contributed by atoms with Gasteiger partial charge in [-0.25, -0.2) is 0 Å². The van der Waals surface area contributed by atoms with Crippen LogP contribution in [0.4, 0.5) is 5.69 Å². The molecule has 0 aliphatic carbocycles. The van der Waals surface area contributed by atoms with Gasteiger partial charge < -0.3 is 4.74 Å². The van der Waals surface area contributed by atoms with Gasteiger partial charge in [0.2, 0.25) is 0 Å². The van der Waals surface area contributed by atoms with Crippen LogP contribution in [0.1, 0.15) is 16.7 Å². The standard InChI is InChI=1S/C26H18N4O4S/c27-24-22(25(31)28-26-29(24)23(16-35-26)19-4-2-1-3-5-19)14-17-8-12-21(13-9-17)34-15-18-6-10-20(11-7-18)30(32)33/h1-14,16,27H,15H2/b22-14-,27-24?. The van der Waals surface area contributed by atoms with Crippen molar-refractivity contribution < 1.29 is 14.5 Å². The fraction of sp³-hybridized carbons (Fsp3) is 0.0385. The number of ether oxygens (including phenoxy) is 1. The van der Waals surface area contributed by atoms with Crippen molar-refractivity contribution in [1.82, 2.24) is 4.90 Å². The Labute approximate surface area is 204 Å². The van der Waals surface area contributed by atoms with Gasteiger partial charge in [-0.15, -0.1) is 0 Å². The molecule has 0 radical (unpaired) electrons. The van der Waals surface area contributed by atoms with E-state index in [-0.39, 0.29) is 23.7 Å². The zero-order valence-corrected chi connectivity index (χ0v) is 19.1. The summed E-state index contributed by atoms with van der Waals surface area (Å²) in [5.41, 5.74) is 3.53. The van der Waals surface area contributed by atoms with Gasteiger partial charge >= 0.3 is 0 Å². The number of nitro benzene ring substituents is 1. The van der Waals surface area contributed by atoms with Crippen molar-refractivity contribution in [3.63, 3.8) is 0 Å². The fourth-order valence-electron chi connectivity index (χ4n) is 3.62. The molecule has 2 aliphatic heterocycles. The molecule has 0 atom stereocenters. The first kappa shape index (κ1) is 22.3. The number of amides is 1. The van der Waals surface area contributed by atoms with E-state index < -0.39 is 10.8 Å². The molecule has 5 rings (SSSR count). The summed E-state index contributed by atoms with van der Waals surface area (Å²) in [5.74, 6) is 0.245. The summed E-state index contributed by atoms with van der Waals surface area (Å²) in [6, 6.07) is 23.0. The molecule has 0 aromatic heterocycles. The normalized spacial score (nSPS) is 16.1. The first-order chi connectivity index (χ1) is 17.0. The Morgan fingerprint density at radius 3 is 2.43 bits per heavy atom. The lowest BCUT2D eigenvalue weighted by Gasteiger charge is -2.26. The predicted molar refractivity (Wildman–Crippen MR) is 136 cm³/mol. The second-order valence-electron chi connectivity index (χ2n) is 7.71. The Kier molecular flexibility index (Phi) is 5.99. The number of thioether (sulfide) groups is 1. The van der Waals surface area contributed by atoms with Gasteiger partial charge in [0.15, 0.2) is 5.17 Å². The van der Waals surface area contributed by atoms with E-state index in [2.05, 4.69) is 4.99 Å². The number of nitrogens with zero attached hydrogens (tertiary/aromatic N) is 3. The van der Waals surface area contributed by atoms with Crippen LogP contribution in [-0.4, -0.2) is 26.7 Å². The number of rotatable bonds is 6. The van der Waals surface area contributed by atoms with Gasteiger partial charge in [-0.05, 0) is 47.0 Å². The van der Waals surface area contributed by atoms with E-state index in [1.807, 2.05) is 35.7 Å². The van der Waals surface area contributed by atoms with Crippen LogP contribution in [0.15, 0.2) is 94.8 Å². The van der Waals surface area contributed by atoms with Gasteiger partial charge in [0, 0.05) is 17.5 Å². The van der Waals surface area contributed by atoms with Gasteiger partial charge in [0.25, 0.3) is 11.6 Å². The second-order valence-corrected chi connectivity index (χ2v) is 8.55. The lowest BCUT2D eigenvalue weighted by Crippen LogP contribution is -2.37. The minimum Gasteiger partial charge on any atom is -0.489 e. The molecule has 8 nitrogen and oxygen atoms in total. The number of benzene rings is 3. The average Bonchev–Trinajstić information content (AvgIpc) is 3.30. The van der Waals surface area contributed by atoms with Gasteiger partial charge in [-0.3, -0.25) is 25.2 Å². The average molecular weight is 483 g/mol. The molecular formula is C26H18N4O4S. The van der Waals surface area contributed by atoms with Crippen LogP contribution >= 0.6 is 11.8 Å². The summed E-state index contributed by atoms with van der Waals surface area (Å²) >= 11 is 1.33. The van der Waals surface area contributed by atoms with Crippen molar-refractivity contribution in [2.75, 3.05) is 0 Å². The molecule has 9 heteroatoms. The Bertz CT molecular complexity index is 1410. The molecule has 172 valence electrons. The van der Waals surface area contributed by atoms with Gasteiger partial charge in [0.05, 0.1) is 16.2 Å².